The fourth-order valence-corrected chi connectivity index (χ4v) is 2.07. The van der Waals surface area contributed by atoms with Gasteiger partial charge in [0.2, 0.25) is 0 Å². The first-order chi connectivity index (χ1) is 7.97. The second-order valence-electron chi connectivity index (χ2n) is 4.91. The quantitative estimate of drug-likeness (QED) is 0.874. The van der Waals surface area contributed by atoms with Crippen LogP contribution in [0.2, 0.25) is 5.02 Å². The van der Waals surface area contributed by atoms with Crippen LogP contribution in [0.5, 0.6) is 0 Å². The Kier molecular flexibility index (Phi) is 5.29. The van der Waals surface area contributed by atoms with Gasteiger partial charge in [-0.05, 0) is 43.5 Å². The molecule has 1 aromatic carbocycles. The maximum atomic E-state index is 6.25. The van der Waals surface area contributed by atoms with E-state index < -0.39 is 0 Å². The van der Waals surface area contributed by atoms with E-state index in [9.17, 15) is 0 Å². The Morgan fingerprint density at radius 3 is 2.41 bits per heavy atom. The maximum Gasteiger partial charge on any atom is 0.0459 e. The molecule has 2 N–H and O–H groups in total. The summed E-state index contributed by atoms with van der Waals surface area (Å²) in [5.74, 6) is 0.613. The highest BCUT2D eigenvalue weighted by atomic mass is 35.5. The molecule has 0 heterocycles. The Balaban J connectivity index is 2.89. The molecule has 2 nitrogen and oxygen atoms in total. The van der Waals surface area contributed by atoms with Gasteiger partial charge in [-0.25, -0.2) is 0 Å². The van der Waals surface area contributed by atoms with Gasteiger partial charge in [-0.3, -0.25) is 0 Å². The zero-order valence-electron chi connectivity index (χ0n) is 11.2. The van der Waals surface area contributed by atoms with E-state index in [1.165, 1.54) is 0 Å². The molecule has 1 aromatic rings. The molecule has 0 aliphatic heterocycles. The highest BCUT2D eigenvalue weighted by molar-refractivity contribution is 6.31. The molecular formula is C14H23ClN2. The Bertz CT molecular complexity index is 363. The third-order valence-electron chi connectivity index (χ3n) is 3.43. The van der Waals surface area contributed by atoms with Crippen molar-refractivity contribution in [3.05, 3.63) is 28.8 Å². The number of nitrogens with two attached hydrogens (primary N) is 1. The Labute approximate surface area is 110 Å². The first kappa shape index (κ1) is 14.3. The molecule has 1 unspecified atom stereocenters. The largest absolute Gasteiger partial charge is 0.372 e. The Morgan fingerprint density at radius 2 is 1.94 bits per heavy atom. The molecule has 17 heavy (non-hydrogen) atoms. The van der Waals surface area contributed by atoms with Crippen LogP contribution in [-0.4, -0.2) is 19.6 Å². The van der Waals surface area contributed by atoms with Crippen molar-refractivity contribution in [1.82, 2.24) is 0 Å². The third-order valence-corrected chi connectivity index (χ3v) is 3.79. The average molecular weight is 255 g/mol. The van der Waals surface area contributed by atoms with E-state index in [2.05, 4.69) is 44.9 Å². The van der Waals surface area contributed by atoms with Gasteiger partial charge in [0.1, 0.15) is 0 Å². The normalized spacial score (nSPS) is 12.9. The van der Waals surface area contributed by atoms with Crippen LogP contribution in [0.15, 0.2) is 18.2 Å². The number of nitrogens with zero attached hydrogens (tertiary/aromatic N) is 1. The summed E-state index contributed by atoms with van der Waals surface area (Å²) in [6.07, 6.45) is 0.836. The second-order valence-corrected chi connectivity index (χ2v) is 5.32. The van der Waals surface area contributed by atoms with Crippen LogP contribution < -0.4 is 10.6 Å². The van der Waals surface area contributed by atoms with Gasteiger partial charge >= 0.3 is 0 Å². The van der Waals surface area contributed by atoms with Crippen molar-refractivity contribution in [1.29, 1.82) is 0 Å². The van der Waals surface area contributed by atoms with Gasteiger partial charge in [0.25, 0.3) is 0 Å². The summed E-state index contributed by atoms with van der Waals surface area (Å²) in [4.78, 5) is 2.27. The minimum Gasteiger partial charge on any atom is -0.372 e. The number of anilines is 1. The number of halogens is 1. The molecule has 0 amide bonds. The van der Waals surface area contributed by atoms with Crippen LogP contribution in [0.4, 0.5) is 5.69 Å². The van der Waals surface area contributed by atoms with E-state index in [0.29, 0.717) is 18.5 Å². The van der Waals surface area contributed by atoms with Crippen LogP contribution in [0.1, 0.15) is 26.3 Å². The molecule has 0 saturated carbocycles. The molecule has 1 rings (SSSR count). The van der Waals surface area contributed by atoms with Crippen LogP contribution in [0.25, 0.3) is 0 Å². The van der Waals surface area contributed by atoms with Crippen LogP contribution in [-0.2, 0) is 6.42 Å². The van der Waals surface area contributed by atoms with Crippen LogP contribution in [0.3, 0.4) is 0 Å². The highest BCUT2D eigenvalue weighted by Gasteiger charge is 2.14. The molecule has 0 aliphatic carbocycles. The predicted octanol–water partition coefficient (Wildman–Crippen LogP) is 3.32. The summed E-state index contributed by atoms with van der Waals surface area (Å²) in [5, 5.41) is 0.816. The fourth-order valence-electron chi connectivity index (χ4n) is 1.80. The molecular weight excluding hydrogens is 232 g/mol. The topological polar surface area (TPSA) is 29.3 Å². The van der Waals surface area contributed by atoms with Gasteiger partial charge in [-0.2, -0.15) is 0 Å². The monoisotopic (exact) mass is 254 g/mol. The molecule has 0 radical (unpaired) electrons. The summed E-state index contributed by atoms with van der Waals surface area (Å²) in [7, 11) is 2.11. The number of hydrogen-bond acceptors (Lipinski definition) is 2. The predicted molar refractivity (Wildman–Crippen MR) is 76.9 cm³/mol. The van der Waals surface area contributed by atoms with E-state index in [1.807, 2.05) is 6.07 Å². The lowest BCUT2D eigenvalue weighted by Crippen LogP contribution is -2.33. The lowest BCUT2D eigenvalue weighted by molar-refractivity contribution is 0.505. The molecule has 96 valence electrons. The molecule has 0 saturated heterocycles. The van der Waals surface area contributed by atoms with Crippen molar-refractivity contribution >= 4 is 17.3 Å². The van der Waals surface area contributed by atoms with E-state index in [1.54, 1.807) is 0 Å². The molecule has 0 fully saturated rings. The van der Waals surface area contributed by atoms with Crippen molar-refractivity contribution in [3.8, 4) is 0 Å². The summed E-state index contributed by atoms with van der Waals surface area (Å²) >= 11 is 6.25. The fraction of sp³-hybridized carbons (Fsp3) is 0.571. The number of benzene rings is 1. The standard InChI is InChI=1S/C14H23ClN2/c1-10(2)11(3)17(4)13-6-5-12(7-8-16)14(15)9-13/h5-6,9-11H,7-8,16H2,1-4H3. The lowest BCUT2D eigenvalue weighted by Gasteiger charge is -2.30. The second kappa shape index (κ2) is 6.27. The average Bonchev–Trinajstić information content (AvgIpc) is 2.30. The smallest absolute Gasteiger partial charge is 0.0459 e. The van der Waals surface area contributed by atoms with Gasteiger partial charge in [-0.1, -0.05) is 31.5 Å². The van der Waals surface area contributed by atoms with E-state index in [0.717, 1.165) is 22.7 Å². The van der Waals surface area contributed by atoms with Crippen molar-refractivity contribution in [2.24, 2.45) is 11.7 Å². The van der Waals surface area contributed by atoms with E-state index in [-0.39, 0.29) is 0 Å². The zero-order chi connectivity index (χ0) is 13.0. The summed E-state index contributed by atoms with van der Waals surface area (Å²) in [6, 6.07) is 6.72. The molecule has 3 heteroatoms. The summed E-state index contributed by atoms with van der Waals surface area (Å²) < 4.78 is 0. The molecule has 0 bridgehead atoms. The van der Waals surface area contributed by atoms with Crippen molar-refractivity contribution in [2.75, 3.05) is 18.5 Å². The summed E-state index contributed by atoms with van der Waals surface area (Å²) in [6.45, 7) is 7.32. The van der Waals surface area contributed by atoms with Crippen molar-refractivity contribution in [3.63, 3.8) is 0 Å². The first-order valence-corrected chi connectivity index (χ1v) is 6.56. The lowest BCUT2D eigenvalue weighted by atomic mass is 10.0. The van der Waals surface area contributed by atoms with Crippen LogP contribution in [0, 0.1) is 5.92 Å². The van der Waals surface area contributed by atoms with Gasteiger partial charge in [0.15, 0.2) is 0 Å². The minimum atomic E-state index is 0.492. The molecule has 1 atom stereocenters. The van der Waals surface area contributed by atoms with E-state index in [4.69, 9.17) is 17.3 Å². The molecule has 0 spiro atoms. The van der Waals surface area contributed by atoms with E-state index >= 15 is 0 Å². The SMILES string of the molecule is CC(C)C(C)N(C)c1ccc(CCN)c(Cl)c1. The van der Waals surface area contributed by atoms with Gasteiger partial charge < -0.3 is 10.6 Å². The molecule has 0 aromatic heterocycles. The number of rotatable bonds is 5. The van der Waals surface area contributed by atoms with Gasteiger partial charge in [0.05, 0.1) is 0 Å². The van der Waals surface area contributed by atoms with Gasteiger partial charge in [0, 0.05) is 23.8 Å². The van der Waals surface area contributed by atoms with Crippen LogP contribution >= 0.6 is 11.6 Å². The minimum absolute atomic E-state index is 0.492. The maximum absolute atomic E-state index is 6.25. The highest BCUT2D eigenvalue weighted by Crippen LogP contribution is 2.25. The van der Waals surface area contributed by atoms with Crippen molar-refractivity contribution in [2.45, 2.75) is 33.2 Å². The number of hydrogen-bond donors (Lipinski definition) is 1. The summed E-state index contributed by atoms with van der Waals surface area (Å²) in [5.41, 5.74) is 7.84. The Hall–Kier alpha value is -0.730. The zero-order valence-corrected chi connectivity index (χ0v) is 12.0. The van der Waals surface area contributed by atoms with Crippen molar-refractivity contribution < 1.29 is 0 Å². The third kappa shape index (κ3) is 3.62. The molecule has 0 aliphatic rings. The van der Waals surface area contributed by atoms with Gasteiger partial charge in [-0.15, -0.1) is 0 Å². The first-order valence-electron chi connectivity index (χ1n) is 6.18. The Morgan fingerprint density at radius 1 is 1.29 bits per heavy atom.